The van der Waals surface area contributed by atoms with Crippen LogP contribution in [0.5, 0.6) is 0 Å². The van der Waals surface area contributed by atoms with Crippen LogP contribution in [-0.2, 0) is 4.74 Å². The summed E-state index contributed by atoms with van der Waals surface area (Å²) in [6.07, 6.45) is 0.425. The van der Waals surface area contributed by atoms with Gasteiger partial charge in [0.25, 0.3) is 0 Å². The lowest BCUT2D eigenvalue weighted by Crippen LogP contribution is -2.12. The van der Waals surface area contributed by atoms with Crippen LogP contribution in [-0.4, -0.2) is 28.8 Å². The second-order valence-corrected chi connectivity index (χ2v) is 3.04. The van der Waals surface area contributed by atoms with Crippen molar-refractivity contribution in [2.75, 3.05) is 6.61 Å². The Bertz CT molecular complexity index is 407. The third-order valence-electron chi connectivity index (χ3n) is 1.68. The molecule has 1 rings (SSSR count). The fourth-order valence-electron chi connectivity index (χ4n) is 0.956. The van der Waals surface area contributed by atoms with E-state index in [2.05, 4.69) is 9.97 Å². The van der Waals surface area contributed by atoms with Gasteiger partial charge in [0.2, 0.25) is 0 Å². The van der Waals surface area contributed by atoms with Crippen LogP contribution in [0.3, 0.4) is 0 Å². The molecule has 0 fully saturated rings. The van der Waals surface area contributed by atoms with E-state index in [-0.39, 0.29) is 23.3 Å². The SMILES string of the molecule is CCOC(=O)c1nc(C=O)nc(Cl)c1C. The highest BCUT2D eigenvalue weighted by molar-refractivity contribution is 6.30. The predicted molar refractivity (Wildman–Crippen MR) is 53.1 cm³/mol. The molecule has 0 saturated carbocycles. The average Bonchev–Trinajstić information content (AvgIpc) is 2.22. The summed E-state index contributed by atoms with van der Waals surface area (Å²) in [5.74, 6) is -0.740. The Labute approximate surface area is 91.4 Å². The fraction of sp³-hybridized carbons (Fsp3) is 0.333. The molecule has 0 N–H and O–H groups in total. The molecule has 0 aliphatic carbocycles. The molecule has 0 aromatic carbocycles. The third-order valence-corrected chi connectivity index (χ3v) is 2.05. The van der Waals surface area contributed by atoms with Crippen LogP contribution >= 0.6 is 11.6 Å². The number of carbonyl (C=O) groups is 2. The molecule has 0 aliphatic heterocycles. The highest BCUT2D eigenvalue weighted by atomic mass is 35.5. The van der Waals surface area contributed by atoms with Crippen LogP contribution in [0, 0.1) is 6.92 Å². The van der Waals surface area contributed by atoms with Crippen LogP contribution in [0.1, 0.15) is 33.6 Å². The van der Waals surface area contributed by atoms with E-state index in [9.17, 15) is 9.59 Å². The Hall–Kier alpha value is -1.49. The largest absolute Gasteiger partial charge is 0.461 e. The zero-order chi connectivity index (χ0) is 11.4. The number of aromatic nitrogens is 2. The monoisotopic (exact) mass is 228 g/mol. The molecule has 80 valence electrons. The smallest absolute Gasteiger partial charge is 0.357 e. The predicted octanol–water partition coefficient (Wildman–Crippen LogP) is 1.43. The maximum atomic E-state index is 11.4. The standard InChI is InChI=1S/C9H9ClN2O3/c1-3-15-9(14)7-5(2)8(10)12-6(4-13)11-7/h4H,3H2,1-2H3. The summed E-state index contributed by atoms with van der Waals surface area (Å²) in [4.78, 5) is 29.3. The maximum absolute atomic E-state index is 11.4. The van der Waals surface area contributed by atoms with Gasteiger partial charge in [-0.15, -0.1) is 0 Å². The maximum Gasteiger partial charge on any atom is 0.357 e. The lowest BCUT2D eigenvalue weighted by molar-refractivity contribution is 0.0518. The summed E-state index contributed by atoms with van der Waals surface area (Å²) < 4.78 is 4.76. The summed E-state index contributed by atoms with van der Waals surface area (Å²) in [5, 5.41) is 0.0788. The van der Waals surface area contributed by atoms with Crippen LogP contribution in [0.15, 0.2) is 0 Å². The van der Waals surface area contributed by atoms with Crippen molar-refractivity contribution in [1.82, 2.24) is 9.97 Å². The Kier molecular flexibility index (Phi) is 3.74. The first-order chi connectivity index (χ1) is 7.10. The van der Waals surface area contributed by atoms with Gasteiger partial charge in [-0.05, 0) is 13.8 Å². The minimum atomic E-state index is -0.609. The van der Waals surface area contributed by atoms with Crippen molar-refractivity contribution in [3.05, 3.63) is 22.2 Å². The summed E-state index contributed by atoms with van der Waals surface area (Å²) in [6.45, 7) is 3.50. The van der Waals surface area contributed by atoms with Crippen LogP contribution in [0.4, 0.5) is 0 Å². The van der Waals surface area contributed by atoms with Crippen molar-refractivity contribution < 1.29 is 14.3 Å². The van der Waals surface area contributed by atoms with Gasteiger partial charge in [-0.2, -0.15) is 0 Å². The van der Waals surface area contributed by atoms with E-state index in [0.29, 0.717) is 11.8 Å². The van der Waals surface area contributed by atoms with Gasteiger partial charge in [0.1, 0.15) is 5.15 Å². The zero-order valence-electron chi connectivity index (χ0n) is 8.28. The molecule has 0 aliphatic rings. The van der Waals surface area contributed by atoms with Gasteiger partial charge in [0.05, 0.1) is 6.61 Å². The van der Waals surface area contributed by atoms with Crippen molar-refractivity contribution in [3.63, 3.8) is 0 Å². The van der Waals surface area contributed by atoms with E-state index in [1.54, 1.807) is 13.8 Å². The number of rotatable bonds is 3. The average molecular weight is 229 g/mol. The van der Waals surface area contributed by atoms with Crippen LogP contribution < -0.4 is 0 Å². The normalized spacial score (nSPS) is 9.80. The molecule has 0 spiro atoms. The quantitative estimate of drug-likeness (QED) is 0.445. The van der Waals surface area contributed by atoms with E-state index in [1.165, 1.54) is 0 Å². The number of aldehydes is 1. The molecule has 15 heavy (non-hydrogen) atoms. The third kappa shape index (κ3) is 2.50. The highest BCUT2D eigenvalue weighted by Gasteiger charge is 2.16. The molecule has 0 radical (unpaired) electrons. The van der Waals surface area contributed by atoms with Gasteiger partial charge in [0.15, 0.2) is 17.8 Å². The Morgan fingerprint density at radius 3 is 2.73 bits per heavy atom. The second-order valence-electron chi connectivity index (χ2n) is 2.68. The number of halogens is 1. The summed E-state index contributed by atoms with van der Waals surface area (Å²) in [7, 11) is 0. The van der Waals surface area contributed by atoms with Crippen molar-refractivity contribution in [2.24, 2.45) is 0 Å². The van der Waals surface area contributed by atoms with Crippen molar-refractivity contribution >= 4 is 23.9 Å². The topological polar surface area (TPSA) is 69.2 Å². The first-order valence-electron chi connectivity index (χ1n) is 4.26. The van der Waals surface area contributed by atoms with E-state index in [1.807, 2.05) is 0 Å². The highest BCUT2D eigenvalue weighted by Crippen LogP contribution is 2.15. The molecule has 0 amide bonds. The Morgan fingerprint density at radius 1 is 1.53 bits per heavy atom. The molecule has 0 saturated heterocycles. The number of ether oxygens (including phenoxy) is 1. The second kappa shape index (κ2) is 4.84. The Morgan fingerprint density at radius 2 is 2.20 bits per heavy atom. The fourth-order valence-corrected chi connectivity index (χ4v) is 1.13. The van der Waals surface area contributed by atoms with E-state index >= 15 is 0 Å². The first-order valence-corrected chi connectivity index (χ1v) is 4.64. The number of hydrogen-bond acceptors (Lipinski definition) is 5. The molecule has 6 heteroatoms. The molecular weight excluding hydrogens is 220 g/mol. The van der Waals surface area contributed by atoms with Gasteiger partial charge in [-0.25, -0.2) is 14.8 Å². The van der Waals surface area contributed by atoms with E-state index < -0.39 is 5.97 Å². The van der Waals surface area contributed by atoms with Crippen molar-refractivity contribution in [3.8, 4) is 0 Å². The van der Waals surface area contributed by atoms with Crippen LogP contribution in [0.2, 0.25) is 5.15 Å². The van der Waals surface area contributed by atoms with Gasteiger partial charge < -0.3 is 4.74 Å². The molecule has 5 nitrogen and oxygen atoms in total. The minimum Gasteiger partial charge on any atom is -0.461 e. The van der Waals surface area contributed by atoms with Gasteiger partial charge in [0, 0.05) is 5.56 Å². The van der Waals surface area contributed by atoms with Gasteiger partial charge >= 0.3 is 5.97 Å². The number of hydrogen-bond donors (Lipinski definition) is 0. The van der Waals surface area contributed by atoms with E-state index in [0.717, 1.165) is 0 Å². The molecular formula is C9H9ClN2O3. The molecule has 1 aromatic rings. The summed E-state index contributed by atoms with van der Waals surface area (Å²) >= 11 is 5.72. The lowest BCUT2D eigenvalue weighted by Gasteiger charge is -2.05. The van der Waals surface area contributed by atoms with Gasteiger partial charge in [-0.3, -0.25) is 4.79 Å². The zero-order valence-corrected chi connectivity index (χ0v) is 9.04. The van der Waals surface area contributed by atoms with Gasteiger partial charge in [-0.1, -0.05) is 11.6 Å². The summed E-state index contributed by atoms with van der Waals surface area (Å²) in [5.41, 5.74) is 0.430. The molecule has 1 heterocycles. The molecule has 0 atom stereocenters. The molecule has 1 aromatic heterocycles. The molecule has 0 unspecified atom stereocenters. The first kappa shape index (κ1) is 11.6. The van der Waals surface area contributed by atoms with Crippen molar-refractivity contribution in [2.45, 2.75) is 13.8 Å². The number of nitrogens with zero attached hydrogens (tertiary/aromatic N) is 2. The van der Waals surface area contributed by atoms with Crippen LogP contribution in [0.25, 0.3) is 0 Å². The Balaban J connectivity index is 3.21. The number of esters is 1. The van der Waals surface area contributed by atoms with E-state index in [4.69, 9.17) is 16.3 Å². The molecule has 0 bridgehead atoms. The summed E-state index contributed by atoms with van der Waals surface area (Å²) in [6, 6.07) is 0. The van der Waals surface area contributed by atoms with Crippen molar-refractivity contribution in [1.29, 1.82) is 0 Å². The minimum absolute atomic E-state index is 0.0268. The number of carbonyl (C=O) groups excluding carboxylic acids is 2. The lowest BCUT2D eigenvalue weighted by atomic mass is 10.2.